The summed E-state index contributed by atoms with van der Waals surface area (Å²) in [5, 5.41) is 2.80. The predicted octanol–water partition coefficient (Wildman–Crippen LogP) is 2.04. The molecule has 0 aliphatic rings. The number of benzene rings is 1. The van der Waals surface area contributed by atoms with Crippen LogP contribution in [0.1, 0.15) is 12.0 Å². The Kier molecular flexibility index (Phi) is 4.10. The van der Waals surface area contributed by atoms with Crippen molar-refractivity contribution in [2.24, 2.45) is 5.73 Å². The van der Waals surface area contributed by atoms with Gasteiger partial charge in [0.1, 0.15) is 0 Å². The summed E-state index contributed by atoms with van der Waals surface area (Å²) in [6.45, 7) is 2.32. The van der Waals surface area contributed by atoms with E-state index in [0.717, 1.165) is 15.7 Å². The van der Waals surface area contributed by atoms with Gasteiger partial charge in [0.15, 0.2) is 0 Å². The molecular formula is C10H13BrN2O. The van der Waals surface area contributed by atoms with Crippen LogP contribution in [0.15, 0.2) is 22.7 Å². The summed E-state index contributed by atoms with van der Waals surface area (Å²) >= 11 is 3.35. The van der Waals surface area contributed by atoms with E-state index in [-0.39, 0.29) is 5.91 Å². The lowest BCUT2D eigenvalue weighted by Gasteiger charge is -2.07. The lowest BCUT2D eigenvalue weighted by atomic mass is 10.2. The molecule has 0 aromatic heterocycles. The number of hydrogen-bond donors (Lipinski definition) is 2. The van der Waals surface area contributed by atoms with E-state index in [1.807, 2.05) is 25.1 Å². The van der Waals surface area contributed by atoms with E-state index in [4.69, 9.17) is 5.73 Å². The van der Waals surface area contributed by atoms with Gasteiger partial charge in [0, 0.05) is 23.1 Å². The van der Waals surface area contributed by atoms with Gasteiger partial charge in [0.05, 0.1) is 0 Å². The van der Waals surface area contributed by atoms with Crippen LogP contribution in [0.5, 0.6) is 0 Å². The van der Waals surface area contributed by atoms with E-state index in [2.05, 4.69) is 21.2 Å². The molecule has 1 rings (SSSR count). The van der Waals surface area contributed by atoms with Crippen molar-refractivity contribution in [2.45, 2.75) is 13.3 Å². The maximum absolute atomic E-state index is 11.3. The molecule has 0 spiro atoms. The van der Waals surface area contributed by atoms with Gasteiger partial charge in [-0.3, -0.25) is 4.79 Å². The number of carbonyl (C=O) groups is 1. The third-order valence-electron chi connectivity index (χ3n) is 1.85. The number of nitrogens with two attached hydrogens (primary N) is 1. The maximum Gasteiger partial charge on any atom is 0.225 e. The van der Waals surface area contributed by atoms with E-state index < -0.39 is 0 Å². The maximum atomic E-state index is 11.3. The van der Waals surface area contributed by atoms with Gasteiger partial charge >= 0.3 is 0 Å². The normalized spacial score (nSPS) is 9.93. The number of anilines is 1. The van der Waals surface area contributed by atoms with Crippen molar-refractivity contribution < 1.29 is 4.79 Å². The number of rotatable bonds is 3. The Morgan fingerprint density at radius 2 is 2.29 bits per heavy atom. The third-order valence-corrected chi connectivity index (χ3v) is 2.34. The first-order valence-electron chi connectivity index (χ1n) is 4.39. The lowest BCUT2D eigenvalue weighted by Crippen LogP contribution is -2.16. The Balaban J connectivity index is 2.75. The van der Waals surface area contributed by atoms with Crippen LogP contribution in [0, 0.1) is 6.92 Å². The van der Waals surface area contributed by atoms with E-state index in [0.29, 0.717) is 13.0 Å². The molecule has 0 radical (unpaired) electrons. The van der Waals surface area contributed by atoms with Crippen molar-refractivity contribution >= 4 is 27.5 Å². The highest BCUT2D eigenvalue weighted by atomic mass is 79.9. The monoisotopic (exact) mass is 256 g/mol. The second kappa shape index (κ2) is 5.12. The SMILES string of the molecule is Cc1ccc(Br)cc1NC(=O)CCN. The second-order valence-electron chi connectivity index (χ2n) is 3.05. The molecule has 76 valence electrons. The first-order valence-corrected chi connectivity index (χ1v) is 5.19. The fraction of sp³-hybridized carbons (Fsp3) is 0.300. The molecule has 4 heteroatoms. The minimum atomic E-state index is -0.0475. The highest BCUT2D eigenvalue weighted by molar-refractivity contribution is 9.10. The summed E-state index contributed by atoms with van der Waals surface area (Å²) in [4.78, 5) is 11.3. The fourth-order valence-electron chi connectivity index (χ4n) is 1.07. The molecule has 0 saturated carbocycles. The molecule has 0 aliphatic heterocycles. The third kappa shape index (κ3) is 3.12. The predicted molar refractivity (Wildman–Crippen MR) is 61.2 cm³/mol. The summed E-state index contributed by atoms with van der Waals surface area (Å²) in [7, 11) is 0. The molecule has 0 aliphatic carbocycles. The average molecular weight is 257 g/mol. The Morgan fingerprint density at radius 3 is 2.93 bits per heavy atom. The largest absolute Gasteiger partial charge is 0.330 e. The van der Waals surface area contributed by atoms with Gasteiger partial charge in [-0.25, -0.2) is 0 Å². The summed E-state index contributed by atoms with van der Waals surface area (Å²) < 4.78 is 0.950. The highest BCUT2D eigenvalue weighted by Gasteiger charge is 2.03. The molecule has 14 heavy (non-hydrogen) atoms. The standard InChI is InChI=1S/C10H13BrN2O/c1-7-2-3-8(11)6-9(7)13-10(14)4-5-12/h2-3,6H,4-5,12H2,1H3,(H,13,14). The van der Waals surface area contributed by atoms with Gasteiger partial charge in [0.2, 0.25) is 5.91 Å². The van der Waals surface area contributed by atoms with Crippen LogP contribution < -0.4 is 11.1 Å². The zero-order chi connectivity index (χ0) is 10.6. The molecule has 0 saturated heterocycles. The fourth-order valence-corrected chi connectivity index (χ4v) is 1.43. The minimum Gasteiger partial charge on any atom is -0.330 e. The molecule has 1 aromatic rings. The van der Waals surface area contributed by atoms with Gasteiger partial charge < -0.3 is 11.1 Å². The van der Waals surface area contributed by atoms with Gasteiger partial charge in [-0.15, -0.1) is 0 Å². The van der Waals surface area contributed by atoms with Crippen molar-refractivity contribution in [2.75, 3.05) is 11.9 Å². The van der Waals surface area contributed by atoms with Crippen molar-refractivity contribution in [3.63, 3.8) is 0 Å². The van der Waals surface area contributed by atoms with Gasteiger partial charge in [-0.05, 0) is 24.6 Å². The zero-order valence-electron chi connectivity index (χ0n) is 8.01. The Bertz CT molecular complexity index is 339. The van der Waals surface area contributed by atoms with Crippen LogP contribution in [-0.2, 0) is 4.79 Å². The summed E-state index contributed by atoms with van der Waals surface area (Å²) in [6, 6.07) is 5.76. The van der Waals surface area contributed by atoms with Crippen LogP contribution in [-0.4, -0.2) is 12.5 Å². The molecule has 0 atom stereocenters. The molecule has 1 aromatic carbocycles. The average Bonchev–Trinajstić information content (AvgIpc) is 2.12. The molecule has 0 fully saturated rings. The number of amides is 1. The molecule has 3 nitrogen and oxygen atoms in total. The van der Waals surface area contributed by atoms with E-state index in [9.17, 15) is 4.79 Å². The van der Waals surface area contributed by atoms with Crippen molar-refractivity contribution in [3.8, 4) is 0 Å². The van der Waals surface area contributed by atoms with Crippen LogP contribution in [0.25, 0.3) is 0 Å². The quantitative estimate of drug-likeness (QED) is 0.870. The van der Waals surface area contributed by atoms with Gasteiger partial charge in [-0.1, -0.05) is 22.0 Å². The topological polar surface area (TPSA) is 55.1 Å². The van der Waals surface area contributed by atoms with Crippen LogP contribution in [0.4, 0.5) is 5.69 Å². The van der Waals surface area contributed by atoms with Crippen molar-refractivity contribution in [3.05, 3.63) is 28.2 Å². The smallest absolute Gasteiger partial charge is 0.225 e. The highest BCUT2D eigenvalue weighted by Crippen LogP contribution is 2.20. The zero-order valence-corrected chi connectivity index (χ0v) is 9.60. The Morgan fingerprint density at radius 1 is 1.57 bits per heavy atom. The van der Waals surface area contributed by atoms with Crippen LogP contribution in [0.3, 0.4) is 0 Å². The first kappa shape index (κ1) is 11.2. The minimum absolute atomic E-state index is 0.0475. The van der Waals surface area contributed by atoms with Crippen molar-refractivity contribution in [1.82, 2.24) is 0 Å². The molecule has 3 N–H and O–H groups in total. The Hall–Kier alpha value is -0.870. The summed E-state index contributed by atoms with van der Waals surface area (Å²) in [5.74, 6) is -0.0475. The number of hydrogen-bond acceptors (Lipinski definition) is 2. The van der Waals surface area contributed by atoms with Gasteiger partial charge in [-0.2, -0.15) is 0 Å². The van der Waals surface area contributed by atoms with E-state index >= 15 is 0 Å². The van der Waals surface area contributed by atoms with E-state index in [1.54, 1.807) is 0 Å². The molecule has 1 amide bonds. The number of carbonyl (C=O) groups excluding carboxylic acids is 1. The molecule has 0 unspecified atom stereocenters. The summed E-state index contributed by atoms with van der Waals surface area (Å²) in [5.41, 5.74) is 7.15. The molecule has 0 heterocycles. The van der Waals surface area contributed by atoms with Crippen LogP contribution in [0.2, 0.25) is 0 Å². The number of aryl methyl sites for hydroxylation is 1. The number of halogens is 1. The summed E-state index contributed by atoms with van der Waals surface area (Å²) in [6.07, 6.45) is 0.353. The van der Waals surface area contributed by atoms with Gasteiger partial charge in [0.25, 0.3) is 0 Å². The lowest BCUT2D eigenvalue weighted by molar-refractivity contribution is -0.116. The molecule has 0 bridgehead atoms. The second-order valence-corrected chi connectivity index (χ2v) is 3.96. The molecular weight excluding hydrogens is 244 g/mol. The van der Waals surface area contributed by atoms with Crippen LogP contribution >= 0.6 is 15.9 Å². The Labute approximate surface area is 91.8 Å². The van der Waals surface area contributed by atoms with E-state index in [1.165, 1.54) is 0 Å². The first-order chi connectivity index (χ1) is 6.63. The number of nitrogens with one attached hydrogen (secondary N) is 1. The van der Waals surface area contributed by atoms with Crippen molar-refractivity contribution in [1.29, 1.82) is 0 Å².